The number of ether oxygens (including phenoxy) is 1. The third-order valence-electron chi connectivity index (χ3n) is 10.00. The molecule has 2 aliphatic heterocycles. The molecule has 3 aromatic heterocycles. The molecule has 242 valence electrons. The topological polar surface area (TPSA) is 102 Å². The molecule has 0 bridgehead atoms. The standard InChI is InChI=1S/C34H38ClFN6O4/c1-19-21(15-41-29(43)24-25(30(41)44)33(24,5)6)16-42-27(19)26(37-18-38-42)23-14-22(35)13-20-7-10-40(28(20)23)17-34(36)8-11-39(12-9-34)31(45)46-32(2,3)4/h7,10,13-14,16,18,24-25H,8-9,11-12,15,17H2,1-6H3. The molecule has 5 heterocycles. The van der Waals surface area contributed by atoms with Crippen molar-refractivity contribution in [2.75, 3.05) is 13.1 Å². The Labute approximate surface area is 271 Å². The van der Waals surface area contributed by atoms with E-state index in [2.05, 4.69) is 10.1 Å². The molecular weight excluding hydrogens is 611 g/mol. The third kappa shape index (κ3) is 4.94. The van der Waals surface area contributed by atoms with E-state index in [1.165, 1.54) is 11.2 Å². The molecule has 10 nitrogen and oxygen atoms in total. The fraction of sp³-hybridized carbons (Fsp3) is 0.500. The van der Waals surface area contributed by atoms with Gasteiger partial charge in [0.15, 0.2) is 0 Å². The number of imide groups is 1. The number of hydrogen-bond acceptors (Lipinski definition) is 6. The first kappa shape index (κ1) is 30.7. The number of amides is 3. The van der Waals surface area contributed by atoms with E-state index in [4.69, 9.17) is 16.3 Å². The fourth-order valence-electron chi connectivity index (χ4n) is 7.40. The van der Waals surface area contributed by atoms with Crippen molar-refractivity contribution >= 4 is 45.9 Å². The van der Waals surface area contributed by atoms with E-state index in [1.807, 2.05) is 76.7 Å². The first-order valence-electron chi connectivity index (χ1n) is 15.7. The van der Waals surface area contributed by atoms with Crippen molar-refractivity contribution < 1.29 is 23.5 Å². The number of piperidine rings is 2. The molecule has 2 unspecified atom stereocenters. The van der Waals surface area contributed by atoms with Crippen molar-refractivity contribution in [1.29, 1.82) is 0 Å². The number of aryl methyl sites for hydroxylation is 1. The number of hydrogen-bond donors (Lipinski definition) is 0. The fourth-order valence-corrected chi connectivity index (χ4v) is 7.63. The zero-order chi connectivity index (χ0) is 32.9. The zero-order valence-electron chi connectivity index (χ0n) is 26.9. The average Bonchev–Trinajstić information content (AvgIpc) is 3.22. The molecular formula is C34H38ClFN6O4. The molecule has 1 aliphatic carbocycles. The maximum atomic E-state index is 16.4. The van der Waals surface area contributed by atoms with Crippen LogP contribution in [-0.2, 0) is 27.4 Å². The molecule has 0 radical (unpaired) electrons. The summed E-state index contributed by atoms with van der Waals surface area (Å²) < 4.78 is 25.5. The summed E-state index contributed by atoms with van der Waals surface area (Å²) in [5.41, 5.74) is 2.06. The van der Waals surface area contributed by atoms with E-state index in [-0.39, 0.29) is 68.1 Å². The van der Waals surface area contributed by atoms with Crippen molar-refractivity contribution in [2.24, 2.45) is 17.3 Å². The highest BCUT2D eigenvalue weighted by atomic mass is 35.5. The van der Waals surface area contributed by atoms with Crippen LogP contribution in [0.2, 0.25) is 5.02 Å². The lowest BCUT2D eigenvalue weighted by atomic mass is 9.93. The molecule has 3 amide bonds. The lowest BCUT2D eigenvalue weighted by Gasteiger charge is -2.37. The molecule has 3 aliphatic rings. The minimum absolute atomic E-state index is 0.0950. The van der Waals surface area contributed by atoms with Crippen LogP contribution in [0.4, 0.5) is 9.18 Å². The number of carbonyl (C=O) groups is 3. The number of alkyl halides is 1. The summed E-state index contributed by atoms with van der Waals surface area (Å²) in [6.45, 7) is 12.1. The summed E-state index contributed by atoms with van der Waals surface area (Å²) >= 11 is 6.61. The van der Waals surface area contributed by atoms with Crippen molar-refractivity contribution in [3.05, 3.63) is 53.1 Å². The van der Waals surface area contributed by atoms with Crippen LogP contribution >= 0.6 is 11.6 Å². The van der Waals surface area contributed by atoms with Crippen LogP contribution in [0.1, 0.15) is 58.6 Å². The van der Waals surface area contributed by atoms with Crippen molar-refractivity contribution in [1.82, 2.24) is 29.0 Å². The summed E-state index contributed by atoms with van der Waals surface area (Å²) in [5, 5.41) is 5.80. The van der Waals surface area contributed by atoms with E-state index in [9.17, 15) is 14.4 Å². The number of nitrogens with zero attached hydrogens (tertiary/aromatic N) is 6. The Kier molecular flexibility index (Phi) is 6.83. The summed E-state index contributed by atoms with van der Waals surface area (Å²) in [7, 11) is 0. The van der Waals surface area contributed by atoms with Gasteiger partial charge in [0, 0.05) is 54.3 Å². The largest absolute Gasteiger partial charge is 0.444 e. The summed E-state index contributed by atoms with van der Waals surface area (Å²) in [6, 6.07) is 5.59. The Morgan fingerprint density at radius 2 is 1.78 bits per heavy atom. The molecule has 2 atom stereocenters. The molecule has 12 heteroatoms. The van der Waals surface area contributed by atoms with Gasteiger partial charge in [-0.3, -0.25) is 14.5 Å². The predicted octanol–water partition coefficient (Wildman–Crippen LogP) is 6.19. The van der Waals surface area contributed by atoms with Crippen molar-refractivity contribution in [3.8, 4) is 11.3 Å². The number of likely N-dealkylation sites (tertiary alicyclic amines) is 2. The minimum Gasteiger partial charge on any atom is -0.444 e. The molecule has 4 aromatic rings. The SMILES string of the molecule is Cc1c(CN2C(=O)C3C(C2=O)C3(C)C)cn2ncnc(-c3cc(Cl)cc4ccn(CC5(F)CCN(C(=O)OC(C)(C)C)CC5)c34)c12. The molecule has 2 saturated heterocycles. The van der Waals surface area contributed by atoms with Crippen LogP contribution < -0.4 is 0 Å². The average molecular weight is 649 g/mol. The summed E-state index contributed by atoms with van der Waals surface area (Å²) in [4.78, 5) is 46.3. The molecule has 3 fully saturated rings. The van der Waals surface area contributed by atoms with Gasteiger partial charge in [0.2, 0.25) is 11.8 Å². The van der Waals surface area contributed by atoms with Gasteiger partial charge in [0.1, 0.15) is 23.3 Å². The highest BCUT2D eigenvalue weighted by molar-refractivity contribution is 6.32. The highest BCUT2D eigenvalue weighted by Gasteiger charge is 2.72. The maximum absolute atomic E-state index is 16.4. The van der Waals surface area contributed by atoms with Gasteiger partial charge >= 0.3 is 6.09 Å². The lowest BCUT2D eigenvalue weighted by Crippen LogP contribution is -2.47. The second kappa shape index (κ2) is 10.3. The smallest absolute Gasteiger partial charge is 0.410 e. The first-order chi connectivity index (χ1) is 21.6. The summed E-state index contributed by atoms with van der Waals surface area (Å²) in [5.74, 6) is -0.730. The van der Waals surface area contributed by atoms with Crippen LogP contribution in [0.5, 0.6) is 0 Å². The predicted molar refractivity (Wildman–Crippen MR) is 171 cm³/mol. The molecule has 46 heavy (non-hydrogen) atoms. The zero-order valence-corrected chi connectivity index (χ0v) is 27.7. The van der Waals surface area contributed by atoms with E-state index in [1.54, 1.807) is 9.42 Å². The van der Waals surface area contributed by atoms with Gasteiger partial charge in [-0.25, -0.2) is 18.7 Å². The summed E-state index contributed by atoms with van der Waals surface area (Å²) in [6.07, 6.45) is 5.09. The number of rotatable bonds is 5. The van der Waals surface area contributed by atoms with E-state index in [0.29, 0.717) is 10.7 Å². The maximum Gasteiger partial charge on any atom is 0.410 e. The third-order valence-corrected chi connectivity index (χ3v) is 10.2. The molecule has 1 saturated carbocycles. The minimum atomic E-state index is -1.54. The normalized spacial score (nSPS) is 22.2. The Bertz CT molecular complexity index is 1910. The number of aromatic nitrogens is 4. The Morgan fingerprint density at radius 3 is 2.43 bits per heavy atom. The van der Waals surface area contributed by atoms with E-state index >= 15 is 4.39 Å². The lowest BCUT2D eigenvalue weighted by molar-refractivity contribution is -0.143. The second-order valence-corrected chi connectivity index (χ2v) is 15.1. The van der Waals surface area contributed by atoms with Gasteiger partial charge in [0.05, 0.1) is 36.0 Å². The second-order valence-electron chi connectivity index (χ2n) is 14.7. The van der Waals surface area contributed by atoms with Crippen LogP contribution in [0.25, 0.3) is 27.7 Å². The van der Waals surface area contributed by atoms with Gasteiger partial charge in [-0.2, -0.15) is 5.10 Å². The quantitative estimate of drug-likeness (QED) is 0.239. The highest BCUT2D eigenvalue weighted by Crippen LogP contribution is 2.63. The van der Waals surface area contributed by atoms with Gasteiger partial charge in [0.25, 0.3) is 0 Å². The van der Waals surface area contributed by atoms with E-state index in [0.717, 1.165) is 33.1 Å². The Balaban J connectivity index is 1.20. The van der Waals surface area contributed by atoms with E-state index < -0.39 is 17.4 Å². The molecule has 0 spiro atoms. The van der Waals surface area contributed by atoms with Gasteiger partial charge in [-0.05, 0) is 62.4 Å². The van der Waals surface area contributed by atoms with Crippen LogP contribution in [0.15, 0.2) is 36.9 Å². The molecule has 0 N–H and O–H groups in total. The molecule has 7 rings (SSSR count). The van der Waals surface area contributed by atoms with Crippen LogP contribution in [-0.4, -0.2) is 71.2 Å². The monoisotopic (exact) mass is 648 g/mol. The van der Waals surface area contributed by atoms with Crippen molar-refractivity contribution in [3.63, 3.8) is 0 Å². The van der Waals surface area contributed by atoms with Crippen LogP contribution in [0.3, 0.4) is 0 Å². The Morgan fingerprint density at radius 1 is 1.11 bits per heavy atom. The Hall–Kier alpha value is -3.99. The van der Waals surface area contributed by atoms with Crippen LogP contribution in [0, 0.1) is 24.2 Å². The number of carbonyl (C=O) groups excluding carboxylic acids is 3. The first-order valence-corrected chi connectivity index (χ1v) is 16.1. The van der Waals surface area contributed by atoms with Gasteiger partial charge in [-0.1, -0.05) is 25.4 Å². The van der Waals surface area contributed by atoms with Gasteiger partial charge in [-0.15, -0.1) is 0 Å². The molecule has 1 aromatic carbocycles. The number of fused-ring (bicyclic) bond motifs is 3. The number of halogens is 2. The van der Waals surface area contributed by atoms with Crippen molar-refractivity contribution in [2.45, 2.75) is 78.7 Å². The number of benzene rings is 1. The van der Waals surface area contributed by atoms with Gasteiger partial charge < -0.3 is 14.2 Å².